The summed E-state index contributed by atoms with van der Waals surface area (Å²) in [6.07, 6.45) is 4.48. The van der Waals surface area contributed by atoms with Gasteiger partial charge in [-0.15, -0.1) is 12.6 Å². The topological polar surface area (TPSA) is 37.8 Å². The van der Waals surface area contributed by atoms with Crippen LogP contribution in [0.5, 0.6) is 0 Å². The number of hydrogen-bond donors (Lipinski definition) is 2. The quantitative estimate of drug-likeness (QED) is 0.813. The maximum atomic E-state index is 4.26. The van der Waals surface area contributed by atoms with Crippen LogP contribution in [0.25, 0.3) is 0 Å². The van der Waals surface area contributed by atoms with E-state index in [9.17, 15) is 0 Å². The Morgan fingerprint density at radius 2 is 1.88 bits per heavy atom. The molecular weight excluding hydrogens is 230 g/mol. The number of rotatable bonds is 4. The van der Waals surface area contributed by atoms with E-state index in [0.717, 1.165) is 29.4 Å². The molecule has 0 aliphatic rings. The number of benzene rings is 1. The molecule has 0 saturated heterocycles. The standard InChI is InChI=1S/C13H15N3S/c1-10-8-16-13(9-15-10)14-7-6-11-2-4-12(17)5-3-11/h2-5,8-9,17H,6-7H2,1H3,(H,14,16). The molecule has 2 rings (SSSR count). The molecule has 1 N–H and O–H groups in total. The molecule has 0 amide bonds. The third-order valence-corrected chi connectivity index (χ3v) is 2.74. The van der Waals surface area contributed by atoms with Gasteiger partial charge in [-0.2, -0.15) is 0 Å². The van der Waals surface area contributed by atoms with E-state index in [1.807, 2.05) is 19.1 Å². The minimum Gasteiger partial charge on any atom is -0.368 e. The van der Waals surface area contributed by atoms with Crippen LogP contribution in [0.2, 0.25) is 0 Å². The summed E-state index contributed by atoms with van der Waals surface area (Å²) in [7, 11) is 0. The predicted octanol–water partition coefficient (Wildman–Crippen LogP) is 2.73. The highest BCUT2D eigenvalue weighted by Gasteiger charge is 1.95. The van der Waals surface area contributed by atoms with E-state index in [2.05, 4.69) is 40.0 Å². The number of anilines is 1. The number of nitrogens with zero attached hydrogens (tertiary/aromatic N) is 2. The molecule has 17 heavy (non-hydrogen) atoms. The molecule has 0 unspecified atom stereocenters. The van der Waals surface area contributed by atoms with E-state index in [1.165, 1.54) is 5.56 Å². The minimum absolute atomic E-state index is 0.821. The van der Waals surface area contributed by atoms with Gasteiger partial charge < -0.3 is 5.32 Å². The predicted molar refractivity (Wildman–Crippen MR) is 72.7 cm³/mol. The summed E-state index contributed by atoms with van der Waals surface area (Å²) in [5.41, 5.74) is 2.22. The van der Waals surface area contributed by atoms with Crippen molar-refractivity contribution in [2.24, 2.45) is 0 Å². The molecule has 0 bridgehead atoms. The second-order valence-electron chi connectivity index (χ2n) is 3.89. The SMILES string of the molecule is Cc1cnc(NCCc2ccc(S)cc2)cn1. The van der Waals surface area contributed by atoms with Gasteiger partial charge in [0, 0.05) is 11.4 Å². The zero-order valence-electron chi connectivity index (χ0n) is 9.72. The van der Waals surface area contributed by atoms with Crippen molar-refractivity contribution >= 4 is 18.4 Å². The normalized spacial score (nSPS) is 10.2. The van der Waals surface area contributed by atoms with Gasteiger partial charge in [0.15, 0.2) is 0 Å². The van der Waals surface area contributed by atoms with E-state index < -0.39 is 0 Å². The van der Waals surface area contributed by atoms with Crippen LogP contribution in [0, 0.1) is 6.92 Å². The van der Waals surface area contributed by atoms with Gasteiger partial charge in [0.1, 0.15) is 5.82 Å². The maximum Gasteiger partial charge on any atom is 0.144 e. The Kier molecular flexibility index (Phi) is 3.98. The lowest BCUT2D eigenvalue weighted by Crippen LogP contribution is -2.06. The first-order valence-corrected chi connectivity index (χ1v) is 5.99. The number of thiol groups is 1. The molecule has 0 atom stereocenters. The second kappa shape index (κ2) is 5.68. The molecule has 1 aromatic heterocycles. The molecule has 0 saturated carbocycles. The average molecular weight is 245 g/mol. The molecule has 1 heterocycles. The first kappa shape index (κ1) is 11.9. The highest BCUT2D eigenvalue weighted by molar-refractivity contribution is 7.80. The molecule has 0 fully saturated rings. The van der Waals surface area contributed by atoms with Gasteiger partial charge in [-0.3, -0.25) is 4.98 Å². The largest absolute Gasteiger partial charge is 0.368 e. The van der Waals surface area contributed by atoms with Crippen molar-refractivity contribution in [2.45, 2.75) is 18.2 Å². The van der Waals surface area contributed by atoms with Crippen molar-refractivity contribution in [1.29, 1.82) is 0 Å². The van der Waals surface area contributed by atoms with Crippen molar-refractivity contribution in [3.05, 3.63) is 47.9 Å². The Morgan fingerprint density at radius 1 is 1.12 bits per heavy atom. The molecule has 2 aromatic rings. The lowest BCUT2D eigenvalue weighted by molar-refractivity contribution is 0.991. The molecule has 3 nitrogen and oxygen atoms in total. The van der Waals surface area contributed by atoms with Crippen molar-refractivity contribution in [2.75, 3.05) is 11.9 Å². The van der Waals surface area contributed by atoms with Crippen LogP contribution >= 0.6 is 12.6 Å². The second-order valence-corrected chi connectivity index (χ2v) is 4.40. The van der Waals surface area contributed by atoms with Crippen molar-refractivity contribution in [3.8, 4) is 0 Å². The Hall–Kier alpha value is -1.55. The van der Waals surface area contributed by atoms with Gasteiger partial charge in [0.25, 0.3) is 0 Å². The van der Waals surface area contributed by atoms with Gasteiger partial charge in [0.2, 0.25) is 0 Å². The van der Waals surface area contributed by atoms with Crippen LogP contribution in [0.4, 0.5) is 5.82 Å². The summed E-state index contributed by atoms with van der Waals surface area (Å²) in [6.45, 7) is 2.78. The first-order valence-electron chi connectivity index (χ1n) is 5.54. The summed E-state index contributed by atoms with van der Waals surface area (Å²) < 4.78 is 0. The number of nitrogens with one attached hydrogen (secondary N) is 1. The zero-order valence-corrected chi connectivity index (χ0v) is 10.6. The van der Waals surface area contributed by atoms with Gasteiger partial charge in [-0.1, -0.05) is 12.1 Å². The van der Waals surface area contributed by atoms with Crippen LogP contribution in [-0.4, -0.2) is 16.5 Å². The van der Waals surface area contributed by atoms with Crippen LogP contribution in [0.1, 0.15) is 11.3 Å². The van der Waals surface area contributed by atoms with E-state index in [-0.39, 0.29) is 0 Å². The Balaban J connectivity index is 1.83. The smallest absolute Gasteiger partial charge is 0.144 e. The number of aromatic nitrogens is 2. The molecule has 0 spiro atoms. The van der Waals surface area contributed by atoms with Crippen molar-refractivity contribution in [3.63, 3.8) is 0 Å². The lowest BCUT2D eigenvalue weighted by Gasteiger charge is -2.05. The molecule has 1 aromatic carbocycles. The third kappa shape index (κ3) is 3.75. The van der Waals surface area contributed by atoms with Crippen LogP contribution in [0.3, 0.4) is 0 Å². The van der Waals surface area contributed by atoms with E-state index in [1.54, 1.807) is 12.4 Å². The van der Waals surface area contributed by atoms with Crippen LogP contribution in [0.15, 0.2) is 41.6 Å². The number of aryl methyl sites for hydroxylation is 1. The molecule has 88 valence electrons. The van der Waals surface area contributed by atoms with Crippen LogP contribution < -0.4 is 5.32 Å². The van der Waals surface area contributed by atoms with Gasteiger partial charge >= 0.3 is 0 Å². The highest BCUT2D eigenvalue weighted by atomic mass is 32.1. The summed E-state index contributed by atoms with van der Waals surface area (Å²) in [5, 5.41) is 3.24. The fraction of sp³-hybridized carbons (Fsp3) is 0.231. The summed E-state index contributed by atoms with van der Waals surface area (Å²) in [4.78, 5) is 9.41. The lowest BCUT2D eigenvalue weighted by atomic mass is 10.1. The third-order valence-electron chi connectivity index (χ3n) is 2.44. The molecular formula is C13H15N3S. The summed E-state index contributed by atoms with van der Waals surface area (Å²) in [5.74, 6) is 0.821. The number of hydrogen-bond acceptors (Lipinski definition) is 4. The Bertz CT molecular complexity index is 420. The minimum atomic E-state index is 0.821. The van der Waals surface area contributed by atoms with E-state index >= 15 is 0 Å². The fourth-order valence-corrected chi connectivity index (χ4v) is 1.63. The monoisotopic (exact) mass is 245 g/mol. The summed E-state index contributed by atoms with van der Waals surface area (Å²) in [6, 6.07) is 8.18. The highest BCUT2D eigenvalue weighted by Crippen LogP contribution is 2.08. The Labute approximate surface area is 107 Å². The summed E-state index contributed by atoms with van der Waals surface area (Å²) >= 11 is 4.26. The fourth-order valence-electron chi connectivity index (χ4n) is 1.48. The zero-order chi connectivity index (χ0) is 12.1. The van der Waals surface area contributed by atoms with E-state index in [4.69, 9.17) is 0 Å². The van der Waals surface area contributed by atoms with Gasteiger partial charge in [-0.25, -0.2) is 4.98 Å². The van der Waals surface area contributed by atoms with Crippen molar-refractivity contribution in [1.82, 2.24) is 9.97 Å². The maximum absolute atomic E-state index is 4.26. The first-order chi connectivity index (χ1) is 8.24. The van der Waals surface area contributed by atoms with Gasteiger partial charge in [0.05, 0.1) is 18.1 Å². The molecule has 0 aliphatic carbocycles. The molecule has 4 heteroatoms. The molecule has 0 radical (unpaired) electrons. The van der Waals surface area contributed by atoms with Gasteiger partial charge in [-0.05, 0) is 31.0 Å². The Morgan fingerprint density at radius 3 is 2.53 bits per heavy atom. The van der Waals surface area contributed by atoms with E-state index in [0.29, 0.717) is 0 Å². The molecule has 0 aliphatic heterocycles. The average Bonchev–Trinajstić information content (AvgIpc) is 2.34. The van der Waals surface area contributed by atoms with Crippen LogP contribution in [-0.2, 0) is 6.42 Å². The van der Waals surface area contributed by atoms with Crippen molar-refractivity contribution < 1.29 is 0 Å².